The Labute approximate surface area is 121 Å². The van der Waals surface area contributed by atoms with Crippen molar-refractivity contribution < 1.29 is 0 Å². The molecule has 3 aromatic rings. The molecule has 0 radical (unpaired) electrons. The van der Waals surface area contributed by atoms with E-state index in [-0.39, 0.29) is 0 Å². The highest BCUT2D eigenvalue weighted by Crippen LogP contribution is 2.15. The number of aromatic nitrogens is 4. The van der Waals surface area contributed by atoms with E-state index in [0.717, 1.165) is 30.3 Å². The summed E-state index contributed by atoms with van der Waals surface area (Å²) in [5.74, 6) is 2.22. The van der Waals surface area contributed by atoms with E-state index in [0.29, 0.717) is 5.92 Å². The molecule has 3 aromatic heterocycles. The molecule has 0 aliphatic heterocycles. The second-order valence-electron chi connectivity index (χ2n) is 5.01. The Kier molecular flexibility index (Phi) is 3.64. The average molecular weight is 287 g/mol. The van der Waals surface area contributed by atoms with E-state index in [2.05, 4.69) is 45.0 Å². The van der Waals surface area contributed by atoms with E-state index in [1.165, 1.54) is 4.88 Å². The third-order valence-electron chi connectivity index (χ3n) is 3.18. The highest BCUT2D eigenvalue weighted by atomic mass is 32.1. The van der Waals surface area contributed by atoms with Crippen LogP contribution in [0.2, 0.25) is 0 Å². The number of hydrogen-bond acceptors (Lipinski definition) is 5. The van der Waals surface area contributed by atoms with Crippen molar-refractivity contribution in [3.8, 4) is 0 Å². The van der Waals surface area contributed by atoms with E-state index in [4.69, 9.17) is 0 Å². The van der Waals surface area contributed by atoms with Crippen LogP contribution in [0.15, 0.2) is 29.6 Å². The van der Waals surface area contributed by atoms with E-state index in [9.17, 15) is 0 Å². The number of nitrogens with zero attached hydrogens (tertiary/aromatic N) is 4. The highest BCUT2D eigenvalue weighted by molar-refractivity contribution is 7.09. The van der Waals surface area contributed by atoms with E-state index >= 15 is 0 Å². The van der Waals surface area contributed by atoms with E-state index < -0.39 is 0 Å². The maximum Gasteiger partial charge on any atom is 0.178 e. The van der Waals surface area contributed by atoms with Crippen LogP contribution in [0.1, 0.15) is 17.6 Å². The van der Waals surface area contributed by atoms with Gasteiger partial charge in [-0.3, -0.25) is 0 Å². The molecular weight excluding hydrogens is 270 g/mol. The molecule has 0 bridgehead atoms. The molecule has 3 heterocycles. The Hall–Kier alpha value is -1.95. The SMILES string of the molecule is Cc1nnc2ccc(NCC(C)Cc3cccs3)nn12. The van der Waals surface area contributed by atoms with Crippen LogP contribution in [0, 0.1) is 12.8 Å². The number of thiophene rings is 1. The van der Waals surface area contributed by atoms with Gasteiger partial charge in [0.25, 0.3) is 0 Å². The van der Waals surface area contributed by atoms with Crippen LogP contribution in [0.5, 0.6) is 0 Å². The molecule has 1 atom stereocenters. The zero-order chi connectivity index (χ0) is 13.9. The molecule has 0 aromatic carbocycles. The first kappa shape index (κ1) is 13.1. The minimum absolute atomic E-state index is 0.563. The first-order chi connectivity index (χ1) is 9.72. The van der Waals surface area contributed by atoms with Crippen molar-refractivity contribution in [1.82, 2.24) is 19.8 Å². The number of hydrogen-bond donors (Lipinski definition) is 1. The topological polar surface area (TPSA) is 55.1 Å². The second kappa shape index (κ2) is 5.58. The average Bonchev–Trinajstić information content (AvgIpc) is 3.07. The number of nitrogens with one attached hydrogen (secondary N) is 1. The predicted molar refractivity (Wildman–Crippen MR) is 81.2 cm³/mol. The molecule has 0 spiro atoms. The summed E-state index contributed by atoms with van der Waals surface area (Å²) in [7, 11) is 0. The summed E-state index contributed by atoms with van der Waals surface area (Å²) >= 11 is 1.81. The van der Waals surface area contributed by atoms with Crippen LogP contribution >= 0.6 is 11.3 Å². The van der Waals surface area contributed by atoms with Crippen LogP contribution in [0.4, 0.5) is 5.82 Å². The molecule has 1 N–H and O–H groups in total. The standard InChI is InChI=1S/C14H17N5S/c1-10(8-12-4-3-7-20-12)9-15-13-5-6-14-17-16-11(2)19(14)18-13/h3-7,10H,8-9H2,1-2H3,(H,15,18). The summed E-state index contributed by atoms with van der Waals surface area (Å²) in [6, 6.07) is 8.16. The summed E-state index contributed by atoms with van der Waals surface area (Å²) in [4.78, 5) is 1.43. The molecule has 3 rings (SSSR count). The molecule has 0 fully saturated rings. The van der Waals surface area contributed by atoms with E-state index in [1.54, 1.807) is 4.52 Å². The number of fused-ring (bicyclic) bond motifs is 1. The number of aryl methyl sites for hydroxylation is 1. The van der Waals surface area contributed by atoms with Crippen LogP contribution in [-0.2, 0) is 6.42 Å². The van der Waals surface area contributed by atoms with Crippen molar-refractivity contribution >= 4 is 22.8 Å². The van der Waals surface area contributed by atoms with Gasteiger partial charge in [0.15, 0.2) is 11.5 Å². The molecule has 0 saturated carbocycles. The van der Waals surface area contributed by atoms with Crippen molar-refractivity contribution in [2.75, 3.05) is 11.9 Å². The molecular formula is C14H17N5S. The first-order valence-electron chi connectivity index (χ1n) is 6.67. The van der Waals surface area contributed by atoms with Gasteiger partial charge in [-0.1, -0.05) is 13.0 Å². The summed E-state index contributed by atoms with van der Waals surface area (Å²) in [6.07, 6.45) is 1.10. The van der Waals surface area contributed by atoms with Gasteiger partial charge < -0.3 is 5.32 Å². The fourth-order valence-electron chi connectivity index (χ4n) is 2.11. The summed E-state index contributed by atoms with van der Waals surface area (Å²) in [5, 5.41) is 18.0. The van der Waals surface area contributed by atoms with Crippen molar-refractivity contribution in [2.45, 2.75) is 20.3 Å². The maximum atomic E-state index is 4.49. The van der Waals surface area contributed by atoms with Crippen molar-refractivity contribution in [2.24, 2.45) is 5.92 Å². The minimum atomic E-state index is 0.563. The van der Waals surface area contributed by atoms with Gasteiger partial charge in [0.05, 0.1) is 0 Å². The van der Waals surface area contributed by atoms with Gasteiger partial charge in [-0.05, 0) is 42.8 Å². The Morgan fingerprint density at radius 2 is 2.20 bits per heavy atom. The van der Waals surface area contributed by atoms with Gasteiger partial charge in [-0.15, -0.1) is 26.6 Å². The highest BCUT2D eigenvalue weighted by Gasteiger charge is 2.07. The Morgan fingerprint density at radius 1 is 1.30 bits per heavy atom. The van der Waals surface area contributed by atoms with Gasteiger partial charge in [0.2, 0.25) is 0 Å². The van der Waals surface area contributed by atoms with Crippen molar-refractivity contribution in [1.29, 1.82) is 0 Å². The van der Waals surface area contributed by atoms with Gasteiger partial charge in [0.1, 0.15) is 5.82 Å². The monoisotopic (exact) mass is 287 g/mol. The number of anilines is 1. The number of rotatable bonds is 5. The Balaban J connectivity index is 1.63. The van der Waals surface area contributed by atoms with Gasteiger partial charge in [-0.25, -0.2) is 0 Å². The van der Waals surface area contributed by atoms with Crippen molar-refractivity contribution in [3.63, 3.8) is 0 Å². The molecule has 0 amide bonds. The van der Waals surface area contributed by atoms with Gasteiger partial charge >= 0.3 is 0 Å². The molecule has 104 valence electrons. The smallest absolute Gasteiger partial charge is 0.178 e. The Morgan fingerprint density at radius 3 is 3.00 bits per heavy atom. The molecule has 0 aliphatic carbocycles. The lowest BCUT2D eigenvalue weighted by atomic mass is 10.1. The van der Waals surface area contributed by atoms with Gasteiger partial charge in [0, 0.05) is 11.4 Å². The quantitative estimate of drug-likeness (QED) is 0.784. The largest absolute Gasteiger partial charge is 0.368 e. The fraction of sp³-hybridized carbons (Fsp3) is 0.357. The molecule has 0 saturated heterocycles. The molecule has 0 aliphatic rings. The summed E-state index contributed by atoms with van der Waals surface area (Å²) in [6.45, 7) is 5.04. The minimum Gasteiger partial charge on any atom is -0.368 e. The molecule has 1 unspecified atom stereocenters. The third kappa shape index (κ3) is 2.80. The second-order valence-corrected chi connectivity index (χ2v) is 6.04. The van der Waals surface area contributed by atoms with Crippen LogP contribution < -0.4 is 5.32 Å². The van der Waals surface area contributed by atoms with Crippen LogP contribution in [0.25, 0.3) is 5.65 Å². The molecule has 6 heteroatoms. The van der Waals surface area contributed by atoms with Crippen molar-refractivity contribution in [3.05, 3.63) is 40.3 Å². The fourth-order valence-corrected chi connectivity index (χ4v) is 2.98. The summed E-state index contributed by atoms with van der Waals surface area (Å²) < 4.78 is 1.76. The maximum absolute atomic E-state index is 4.49. The zero-order valence-corrected chi connectivity index (χ0v) is 12.4. The normalized spacial score (nSPS) is 12.7. The lowest BCUT2D eigenvalue weighted by Crippen LogP contribution is -2.14. The Bertz CT molecular complexity index is 689. The molecule has 20 heavy (non-hydrogen) atoms. The lowest BCUT2D eigenvalue weighted by Gasteiger charge is -2.12. The van der Waals surface area contributed by atoms with Crippen LogP contribution in [0.3, 0.4) is 0 Å². The third-order valence-corrected chi connectivity index (χ3v) is 4.08. The van der Waals surface area contributed by atoms with Crippen LogP contribution in [-0.4, -0.2) is 26.4 Å². The summed E-state index contributed by atoms with van der Waals surface area (Å²) in [5.41, 5.74) is 0.777. The van der Waals surface area contributed by atoms with Gasteiger partial charge in [-0.2, -0.15) is 4.52 Å². The zero-order valence-electron chi connectivity index (χ0n) is 11.6. The first-order valence-corrected chi connectivity index (χ1v) is 7.55. The van der Waals surface area contributed by atoms with E-state index in [1.807, 2.05) is 30.4 Å². The lowest BCUT2D eigenvalue weighted by molar-refractivity contribution is 0.615. The molecule has 5 nitrogen and oxygen atoms in total. The predicted octanol–water partition coefficient (Wildman–Crippen LogP) is 2.78.